The second kappa shape index (κ2) is 10.3. The number of ether oxygens (including phenoxy) is 1. The number of rotatable bonds is 7. The Bertz CT molecular complexity index is 1020. The fraction of sp³-hybridized carbons (Fsp3) is 0.379. The molecular weight excluding hydrogens is 402 g/mol. The second-order valence-electron chi connectivity index (χ2n) is 9.30. The van der Waals surface area contributed by atoms with Crippen molar-refractivity contribution in [2.75, 3.05) is 6.61 Å². The van der Waals surface area contributed by atoms with Crippen LogP contribution in [0, 0.1) is 30.4 Å². The fourth-order valence-corrected chi connectivity index (χ4v) is 4.63. The van der Waals surface area contributed by atoms with Crippen molar-refractivity contribution in [1.82, 2.24) is 0 Å². The molecule has 0 spiro atoms. The van der Waals surface area contributed by atoms with Crippen molar-refractivity contribution in [3.8, 4) is 28.0 Å². The van der Waals surface area contributed by atoms with E-state index in [9.17, 15) is 8.78 Å². The molecule has 1 nitrogen and oxygen atoms in total. The van der Waals surface area contributed by atoms with Gasteiger partial charge in [0, 0.05) is 5.56 Å². The van der Waals surface area contributed by atoms with Gasteiger partial charge in [-0.15, -0.1) is 0 Å². The summed E-state index contributed by atoms with van der Waals surface area (Å²) in [5.74, 6) is -0.165. The Morgan fingerprint density at radius 2 is 1.34 bits per heavy atom. The summed E-state index contributed by atoms with van der Waals surface area (Å²) in [5, 5.41) is 0. The molecule has 1 fully saturated rings. The lowest BCUT2D eigenvalue weighted by Crippen LogP contribution is -2.13. The standard InChI is InChI=1S/C29H32F2O/c1-20-5-9-22(10-6-20)4-3-19-32-27-18-17-26(28(30)29(27)31)25-15-13-24(14-16-25)23-11-7-21(2)8-12-23/h7-8,11-18,20,22H,3-6,9-10,19H2,1-2H3. The van der Waals surface area contributed by atoms with Crippen molar-refractivity contribution < 1.29 is 13.5 Å². The molecule has 0 unspecified atom stereocenters. The molecule has 0 N–H and O–H groups in total. The Morgan fingerprint density at radius 3 is 2.00 bits per heavy atom. The van der Waals surface area contributed by atoms with Crippen LogP contribution in [0.2, 0.25) is 0 Å². The van der Waals surface area contributed by atoms with Crippen molar-refractivity contribution in [1.29, 1.82) is 0 Å². The molecule has 3 heteroatoms. The lowest BCUT2D eigenvalue weighted by molar-refractivity contribution is 0.239. The Hall–Kier alpha value is -2.68. The molecule has 4 rings (SSSR count). The zero-order valence-corrected chi connectivity index (χ0v) is 19.0. The van der Waals surface area contributed by atoms with Crippen LogP contribution in [0.5, 0.6) is 5.75 Å². The van der Waals surface area contributed by atoms with E-state index in [4.69, 9.17) is 4.74 Å². The van der Waals surface area contributed by atoms with Gasteiger partial charge in [-0.25, -0.2) is 4.39 Å². The maximum absolute atomic E-state index is 14.8. The van der Waals surface area contributed by atoms with Gasteiger partial charge in [-0.3, -0.25) is 0 Å². The van der Waals surface area contributed by atoms with Crippen LogP contribution in [0.25, 0.3) is 22.3 Å². The number of halogens is 2. The average Bonchev–Trinajstić information content (AvgIpc) is 2.81. The van der Waals surface area contributed by atoms with Gasteiger partial charge in [0.1, 0.15) is 0 Å². The zero-order valence-electron chi connectivity index (χ0n) is 19.0. The van der Waals surface area contributed by atoms with Crippen molar-refractivity contribution >= 4 is 0 Å². The quantitative estimate of drug-likeness (QED) is 0.338. The van der Waals surface area contributed by atoms with Crippen LogP contribution in [-0.2, 0) is 0 Å². The molecule has 3 aromatic rings. The molecule has 0 bridgehead atoms. The lowest BCUT2D eigenvalue weighted by Gasteiger charge is -2.26. The van der Waals surface area contributed by atoms with Crippen LogP contribution < -0.4 is 4.74 Å². The molecule has 0 heterocycles. The molecule has 1 aliphatic carbocycles. The topological polar surface area (TPSA) is 9.23 Å². The summed E-state index contributed by atoms with van der Waals surface area (Å²) >= 11 is 0. The molecule has 0 saturated heterocycles. The van der Waals surface area contributed by atoms with E-state index in [1.165, 1.54) is 31.2 Å². The summed E-state index contributed by atoms with van der Waals surface area (Å²) in [5.41, 5.74) is 4.24. The molecule has 1 aliphatic rings. The molecule has 1 saturated carbocycles. The van der Waals surface area contributed by atoms with Crippen LogP contribution >= 0.6 is 0 Å². The molecule has 3 aromatic carbocycles. The first-order valence-corrected chi connectivity index (χ1v) is 11.8. The van der Waals surface area contributed by atoms with Crippen LogP contribution in [0.4, 0.5) is 8.78 Å². The van der Waals surface area contributed by atoms with E-state index in [0.717, 1.165) is 35.8 Å². The molecule has 168 valence electrons. The van der Waals surface area contributed by atoms with Crippen LogP contribution in [-0.4, -0.2) is 6.61 Å². The summed E-state index contributed by atoms with van der Waals surface area (Å²) in [7, 11) is 0. The van der Waals surface area contributed by atoms with Gasteiger partial charge >= 0.3 is 0 Å². The summed E-state index contributed by atoms with van der Waals surface area (Å²) in [6.07, 6.45) is 7.14. The molecule has 32 heavy (non-hydrogen) atoms. The van der Waals surface area contributed by atoms with Gasteiger partial charge in [-0.2, -0.15) is 4.39 Å². The lowest BCUT2D eigenvalue weighted by atomic mass is 9.81. The summed E-state index contributed by atoms with van der Waals surface area (Å²) in [4.78, 5) is 0. The van der Waals surface area contributed by atoms with Crippen molar-refractivity contribution in [2.24, 2.45) is 11.8 Å². The van der Waals surface area contributed by atoms with Gasteiger partial charge in [0.05, 0.1) is 6.61 Å². The van der Waals surface area contributed by atoms with Gasteiger partial charge < -0.3 is 4.74 Å². The SMILES string of the molecule is Cc1ccc(-c2ccc(-c3ccc(OCCCC4CCC(C)CC4)c(F)c3F)cc2)cc1. The van der Waals surface area contributed by atoms with Crippen LogP contribution in [0.15, 0.2) is 60.7 Å². The molecule has 0 radical (unpaired) electrons. The largest absolute Gasteiger partial charge is 0.490 e. The molecule has 0 atom stereocenters. The van der Waals surface area contributed by atoms with E-state index in [-0.39, 0.29) is 11.3 Å². The average molecular weight is 435 g/mol. The first-order valence-electron chi connectivity index (χ1n) is 11.8. The predicted octanol–water partition coefficient (Wildman–Crippen LogP) is 8.59. The van der Waals surface area contributed by atoms with Gasteiger partial charge in [0.2, 0.25) is 5.82 Å². The Morgan fingerprint density at radius 1 is 0.750 bits per heavy atom. The minimum atomic E-state index is -0.906. The smallest absolute Gasteiger partial charge is 0.201 e. The van der Waals surface area contributed by atoms with E-state index in [2.05, 4.69) is 38.1 Å². The number of hydrogen-bond donors (Lipinski definition) is 0. The van der Waals surface area contributed by atoms with E-state index in [1.54, 1.807) is 12.1 Å². The van der Waals surface area contributed by atoms with Gasteiger partial charge in [-0.05, 0) is 60.4 Å². The number of aryl methyl sites for hydroxylation is 1. The van der Waals surface area contributed by atoms with Gasteiger partial charge in [-0.1, -0.05) is 86.7 Å². The third kappa shape index (κ3) is 5.38. The van der Waals surface area contributed by atoms with E-state index >= 15 is 0 Å². The summed E-state index contributed by atoms with van der Waals surface area (Å²) < 4.78 is 35.0. The van der Waals surface area contributed by atoms with Crippen molar-refractivity contribution in [3.63, 3.8) is 0 Å². The first-order chi connectivity index (χ1) is 15.5. The second-order valence-corrected chi connectivity index (χ2v) is 9.30. The minimum absolute atomic E-state index is 0.000193. The van der Waals surface area contributed by atoms with Crippen LogP contribution in [0.3, 0.4) is 0 Å². The summed E-state index contributed by atoms with van der Waals surface area (Å²) in [6, 6.07) is 18.9. The Labute approximate surface area is 190 Å². The highest BCUT2D eigenvalue weighted by atomic mass is 19.2. The Kier molecular flexibility index (Phi) is 7.24. The highest BCUT2D eigenvalue weighted by molar-refractivity contribution is 5.71. The van der Waals surface area contributed by atoms with Gasteiger partial charge in [0.15, 0.2) is 11.6 Å². The highest BCUT2D eigenvalue weighted by Crippen LogP contribution is 2.33. The van der Waals surface area contributed by atoms with E-state index in [0.29, 0.717) is 12.2 Å². The normalized spacial score (nSPS) is 18.5. The monoisotopic (exact) mass is 434 g/mol. The van der Waals surface area contributed by atoms with Gasteiger partial charge in [0.25, 0.3) is 0 Å². The van der Waals surface area contributed by atoms with E-state index < -0.39 is 11.6 Å². The predicted molar refractivity (Wildman–Crippen MR) is 128 cm³/mol. The summed E-state index contributed by atoms with van der Waals surface area (Å²) in [6.45, 7) is 4.79. The molecular formula is C29H32F2O. The molecule has 0 aliphatic heterocycles. The third-order valence-electron chi connectivity index (χ3n) is 6.78. The fourth-order valence-electron chi connectivity index (χ4n) is 4.63. The third-order valence-corrected chi connectivity index (χ3v) is 6.78. The highest BCUT2D eigenvalue weighted by Gasteiger charge is 2.19. The van der Waals surface area contributed by atoms with E-state index in [1.807, 2.05) is 24.3 Å². The van der Waals surface area contributed by atoms with Crippen LogP contribution in [0.1, 0.15) is 51.0 Å². The zero-order chi connectivity index (χ0) is 22.5. The molecule has 0 aromatic heterocycles. The van der Waals surface area contributed by atoms with Crippen molar-refractivity contribution in [2.45, 2.75) is 52.4 Å². The minimum Gasteiger partial charge on any atom is -0.490 e. The maximum atomic E-state index is 14.8. The van der Waals surface area contributed by atoms with Crippen molar-refractivity contribution in [3.05, 3.63) is 77.9 Å². The Balaban J connectivity index is 1.37. The number of hydrogen-bond acceptors (Lipinski definition) is 1. The molecule has 0 amide bonds. The first kappa shape index (κ1) is 22.5. The number of benzene rings is 3. The maximum Gasteiger partial charge on any atom is 0.201 e.